The van der Waals surface area contributed by atoms with Gasteiger partial charge in [-0.05, 0) is 26.7 Å². The molecule has 0 aromatic heterocycles. The molecule has 202 valence electrons. The van der Waals surface area contributed by atoms with E-state index in [0.29, 0.717) is 13.2 Å². The van der Waals surface area contributed by atoms with E-state index in [4.69, 9.17) is 9.47 Å². The van der Waals surface area contributed by atoms with Crippen molar-refractivity contribution in [2.75, 3.05) is 13.2 Å². The Labute approximate surface area is 212 Å². The summed E-state index contributed by atoms with van der Waals surface area (Å²) in [6.07, 6.45) is 26.3. The van der Waals surface area contributed by atoms with E-state index >= 15 is 0 Å². The Bertz CT molecular complexity index is 472. The highest BCUT2D eigenvalue weighted by Gasteiger charge is 2.39. The van der Waals surface area contributed by atoms with Gasteiger partial charge in [-0.25, -0.2) is 0 Å². The summed E-state index contributed by atoms with van der Waals surface area (Å²) in [4.78, 5) is 24.7. The number of unbranched alkanes of at least 4 members (excludes halogenated alkanes) is 19. The number of carbonyl (C=O) groups excluding carboxylic acids is 2. The van der Waals surface area contributed by atoms with Gasteiger partial charge in [-0.1, -0.05) is 136 Å². The molecule has 0 aromatic carbocycles. The summed E-state index contributed by atoms with van der Waals surface area (Å²) in [6.45, 7) is 8.49. The van der Waals surface area contributed by atoms with Crippen LogP contribution in [0.2, 0.25) is 0 Å². The van der Waals surface area contributed by atoms with Crippen LogP contribution < -0.4 is 0 Å². The molecular weight excluding hydrogens is 424 g/mol. The van der Waals surface area contributed by atoms with Crippen molar-refractivity contribution in [2.24, 2.45) is 5.41 Å². The average Bonchev–Trinajstić information content (AvgIpc) is 2.82. The maximum absolute atomic E-state index is 12.4. The van der Waals surface area contributed by atoms with Crippen LogP contribution in [0.3, 0.4) is 0 Å². The molecule has 0 unspecified atom stereocenters. The summed E-state index contributed by atoms with van der Waals surface area (Å²) in [5, 5.41) is 0. The molecule has 0 saturated heterocycles. The minimum atomic E-state index is -1.23. The Hall–Kier alpha value is -1.06. The first-order chi connectivity index (χ1) is 16.5. The third kappa shape index (κ3) is 19.3. The highest BCUT2D eigenvalue weighted by atomic mass is 16.6. The maximum Gasteiger partial charge on any atom is 0.322 e. The van der Waals surface area contributed by atoms with Crippen LogP contribution >= 0.6 is 0 Å². The predicted octanol–water partition coefficient (Wildman–Crippen LogP) is 9.33. The second-order valence-electron chi connectivity index (χ2n) is 10.6. The third-order valence-corrected chi connectivity index (χ3v) is 6.73. The molecule has 0 heterocycles. The van der Waals surface area contributed by atoms with Gasteiger partial charge in [-0.3, -0.25) is 9.59 Å². The zero-order valence-electron chi connectivity index (χ0n) is 23.4. The van der Waals surface area contributed by atoms with Crippen molar-refractivity contribution in [1.82, 2.24) is 0 Å². The summed E-state index contributed by atoms with van der Waals surface area (Å²) >= 11 is 0. The van der Waals surface area contributed by atoms with E-state index in [-0.39, 0.29) is 0 Å². The largest absolute Gasteiger partial charge is 0.465 e. The van der Waals surface area contributed by atoms with Crippen molar-refractivity contribution < 1.29 is 19.1 Å². The molecule has 4 nitrogen and oxygen atoms in total. The zero-order chi connectivity index (χ0) is 25.3. The van der Waals surface area contributed by atoms with Crippen LogP contribution in [0.5, 0.6) is 0 Å². The molecule has 0 aliphatic rings. The average molecular weight is 483 g/mol. The highest BCUT2D eigenvalue weighted by molar-refractivity contribution is 5.99. The van der Waals surface area contributed by atoms with E-state index in [1.54, 1.807) is 13.8 Å². The summed E-state index contributed by atoms with van der Waals surface area (Å²) in [6, 6.07) is 0. The van der Waals surface area contributed by atoms with Crippen molar-refractivity contribution in [3.63, 3.8) is 0 Å². The van der Waals surface area contributed by atoms with Crippen LogP contribution in [0, 0.1) is 5.41 Å². The number of esters is 2. The number of rotatable bonds is 25. The van der Waals surface area contributed by atoms with E-state index in [9.17, 15) is 9.59 Å². The standard InChI is InChI=1S/C30H58O4/c1-5-7-9-11-13-15-16-17-18-19-21-23-25-27-34-29(32)30(3,4)28(31)33-26-24-22-20-14-12-10-8-6-2/h5-27H2,1-4H3. The fourth-order valence-corrected chi connectivity index (χ4v) is 4.13. The maximum atomic E-state index is 12.4. The van der Waals surface area contributed by atoms with Gasteiger partial charge in [0.2, 0.25) is 0 Å². The van der Waals surface area contributed by atoms with Gasteiger partial charge in [0.1, 0.15) is 0 Å². The Balaban J connectivity index is 3.61. The second-order valence-corrected chi connectivity index (χ2v) is 10.6. The minimum absolute atomic E-state index is 0.392. The lowest BCUT2D eigenvalue weighted by Crippen LogP contribution is -2.37. The normalized spacial score (nSPS) is 11.5. The van der Waals surface area contributed by atoms with Gasteiger partial charge < -0.3 is 9.47 Å². The molecule has 0 spiro atoms. The first kappa shape index (κ1) is 32.9. The molecule has 0 aromatic rings. The van der Waals surface area contributed by atoms with Gasteiger partial charge in [0.15, 0.2) is 5.41 Å². The molecule has 4 heteroatoms. The van der Waals surface area contributed by atoms with Crippen molar-refractivity contribution in [3.05, 3.63) is 0 Å². The number of hydrogen-bond donors (Lipinski definition) is 0. The Morgan fingerprint density at radius 2 is 0.676 bits per heavy atom. The molecule has 0 fully saturated rings. The fourth-order valence-electron chi connectivity index (χ4n) is 4.13. The van der Waals surface area contributed by atoms with Gasteiger partial charge in [-0.2, -0.15) is 0 Å². The Morgan fingerprint density at radius 3 is 0.941 bits per heavy atom. The third-order valence-electron chi connectivity index (χ3n) is 6.73. The van der Waals surface area contributed by atoms with E-state index in [1.807, 2.05) is 0 Å². The molecule has 0 aliphatic heterocycles. The summed E-state index contributed by atoms with van der Waals surface area (Å²) in [7, 11) is 0. The molecule has 0 rings (SSSR count). The Kier molecular flexibility index (Phi) is 22.9. The monoisotopic (exact) mass is 482 g/mol. The van der Waals surface area contributed by atoms with E-state index in [2.05, 4.69) is 13.8 Å². The zero-order valence-corrected chi connectivity index (χ0v) is 23.4. The molecule has 34 heavy (non-hydrogen) atoms. The first-order valence-electron chi connectivity index (χ1n) is 14.8. The summed E-state index contributed by atoms with van der Waals surface area (Å²) < 4.78 is 10.7. The van der Waals surface area contributed by atoms with Crippen molar-refractivity contribution in [1.29, 1.82) is 0 Å². The van der Waals surface area contributed by atoms with Gasteiger partial charge >= 0.3 is 11.9 Å². The lowest BCUT2D eigenvalue weighted by Gasteiger charge is -2.20. The molecule has 0 radical (unpaired) electrons. The number of hydrogen-bond acceptors (Lipinski definition) is 4. The first-order valence-corrected chi connectivity index (χ1v) is 14.8. The van der Waals surface area contributed by atoms with Crippen LogP contribution in [-0.2, 0) is 19.1 Å². The highest BCUT2D eigenvalue weighted by Crippen LogP contribution is 2.21. The van der Waals surface area contributed by atoms with Crippen LogP contribution in [0.1, 0.15) is 163 Å². The molecule has 0 amide bonds. The van der Waals surface area contributed by atoms with Gasteiger partial charge in [0.05, 0.1) is 13.2 Å². The van der Waals surface area contributed by atoms with Gasteiger partial charge in [0, 0.05) is 0 Å². The van der Waals surface area contributed by atoms with E-state index < -0.39 is 17.4 Å². The number of carbonyl (C=O) groups is 2. The van der Waals surface area contributed by atoms with E-state index in [0.717, 1.165) is 25.7 Å². The molecular formula is C30H58O4. The van der Waals surface area contributed by atoms with Crippen molar-refractivity contribution in [2.45, 2.75) is 163 Å². The minimum Gasteiger partial charge on any atom is -0.465 e. The fraction of sp³-hybridized carbons (Fsp3) is 0.933. The molecule has 0 atom stereocenters. The topological polar surface area (TPSA) is 52.6 Å². The number of ether oxygens (including phenoxy) is 2. The molecule has 0 saturated carbocycles. The van der Waals surface area contributed by atoms with Crippen molar-refractivity contribution >= 4 is 11.9 Å². The second kappa shape index (κ2) is 23.7. The lowest BCUT2D eigenvalue weighted by molar-refractivity contribution is -0.170. The van der Waals surface area contributed by atoms with Gasteiger partial charge in [0.25, 0.3) is 0 Å². The van der Waals surface area contributed by atoms with Crippen LogP contribution in [-0.4, -0.2) is 25.2 Å². The molecule has 0 N–H and O–H groups in total. The van der Waals surface area contributed by atoms with E-state index in [1.165, 1.54) is 109 Å². The molecule has 0 bridgehead atoms. The van der Waals surface area contributed by atoms with Crippen LogP contribution in [0.15, 0.2) is 0 Å². The molecule has 0 aliphatic carbocycles. The van der Waals surface area contributed by atoms with Gasteiger partial charge in [-0.15, -0.1) is 0 Å². The van der Waals surface area contributed by atoms with Crippen molar-refractivity contribution in [3.8, 4) is 0 Å². The lowest BCUT2D eigenvalue weighted by atomic mass is 9.94. The summed E-state index contributed by atoms with van der Waals surface area (Å²) in [5.74, 6) is -0.932. The van der Waals surface area contributed by atoms with Crippen LogP contribution in [0.4, 0.5) is 0 Å². The Morgan fingerprint density at radius 1 is 0.441 bits per heavy atom. The SMILES string of the molecule is CCCCCCCCCCCCCCCOC(=O)C(C)(C)C(=O)OCCCCCCCCCC. The smallest absolute Gasteiger partial charge is 0.322 e. The quantitative estimate of drug-likeness (QED) is 0.0738. The predicted molar refractivity (Wildman–Crippen MR) is 144 cm³/mol. The van der Waals surface area contributed by atoms with Crippen LogP contribution in [0.25, 0.3) is 0 Å². The summed E-state index contributed by atoms with van der Waals surface area (Å²) in [5.41, 5.74) is -1.23.